The molecule has 1 aromatic carbocycles. The van der Waals surface area contributed by atoms with Crippen LogP contribution >= 0.6 is 0 Å². The molecule has 0 bridgehead atoms. The van der Waals surface area contributed by atoms with Crippen LogP contribution in [0.25, 0.3) is 11.0 Å². The van der Waals surface area contributed by atoms with Crippen molar-refractivity contribution in [2.24, 2.45) is 10.9 Å². The predicted octanol–water partition coefficient (Wildman–Crippen LogP) is 3.46. The third-order valence-corrected chi connectivity index (χ3v) is 2.46. The molecular formula is C14H15NO2. The molecule has 0 amide bonds. The number of nitrogens with zero attached hydrogens (tertiary/aromatic N) is 1. The molecule has 1 aromatic heterocycles. The van der Waals surface area contributed by atoms with Gasteiger partial charge in [0.1, 0.15) is 5.58 Å². The average Bonchev–Trinajstić information content (AvgIpc) is 2.25. The van der Waals surface area contributed by atoms with Gasteiger partial charge >= 0.3 is 5.63 Å². The molecule has 17 heavy (non-hydrogen) atoms. The zero-order chi connectivity index (χ0) is 12.4. The molecule has 0 unspecified atom stereocenters. The SMILES string of the molecule is Cc1cc(=O)oc2cc(N=CC(C)C)ccc12. The van der Waals surface area contributed by atoms with Gasteiger partial charge in [0.25, 0.3) is 0 Å². The van der Waals surface area contributed by atoms with Gasteiger partial charge in [0.2, 0.25) is 0 Å². The quantitative estimate of drug-likeness (QED) is 0.584. The summed E-state index contributed by atoms with van der Waals surface area (Å²) in [6, 6.07) is 7.15. The lowest BCUT2D eigenvalue weighted by atomic mass is 10.1. The zero-order valence-electron chi connectivity index (χ0n) is 10.2. The summed E-state index contributed by atoms with van der Waals surface area (Å²) in [5.41, 5.74) is 2.00. The third kappa shape index (κ3) is 2.61. The average molecular weight is 229 g/mol. The van der Waals surface area contributed by atoms with Crippen LogP contribution in [0.1, 0.15) is 19.4 Å². The molecular weight excluding hydrogens is 214 g/mol. The van der Waals surface area contributed by atoms with Crippen LogP contribution in [-0.4, -0.2) is 6.21 Å². The van der Waals surface area contributed by atoms with E-state index >= 15 is 0 Å². The molecule has 3 nitrogen and oxygen atoms in total. The van der Waals surface area contributed by atoms with Gasteiger partial charge in [-0.1, -0.05) is 13.8 Å². The fraction of sp³-hybridized carbons (Fsp3) is 0.286. The minimum atomic E-state index is -0.319. The molecule has 2 aromatic rings. The first-order chi connectivity index (χ1) is 8.06. The van der Waals surface area contributed by atoms with Crippen molar-refractivity contribution in [3.63, 3.8) is 0 Å². The summed E-state index contributed by atoms with van der Waals surface area (Å²) in [5.74, 6) is 0.398. The van der Waals surface area contributed by atoms with Crippen LogP contribution in [0.5, 0.6) is 0 Å². The Morgan fingerprint density at radius 1 is 1.29 bits per heavy atom. The van der Waals surface area contributed by atoms with Crippen LogP contribution in [0.4, 0.5) is 5.69 Å². The summed E-state index contributed by atoms with van der Waals surface area (Å²) in [5, 5.41) is 0.952. The van der Waals surface area contributed by atoms with Crippen LogP contribution in [0.15, 0.2) is 38.5 Å². The van der Waals surface area contributed by atoms with Crippen molar-refractivity contribution in [3.05, 3.63) is 40.2 Å². The normalized spacial score (nSPS) is 11.8. The van der Waals surface area contributed by atoms with Crippen molar-refractivity contribution >= 4 is 22.9 Å². The molecule has 0 aliphatic carbocycles. The van der Waals surface area contributed by atoms with Crippen LogP contribution in [0, 0.1) is 12.8 Å². The van der Waals surface area contributed by atoms with E-state index in [0.29, 0.717) is 11.5 Å². The number of fused-ring (bicyclic) bond motifs is 1. The number of rotatable bonds is 2. The van der Waals surface area contributed by atoms with E-state index in [-0.39, 0.29) is 5.63 Å². The first-order valence-electron chi connectivity index (χ1n) is 5.65. The Bertz CT molecular complexity index is 624. The molecule has 0 fully saturated rings. The van der Waals surface area contributed by atoms with Gasteiger partial charge in [0, 0.05) is 23.7 Å². The minimum Gasteiger partial charge on any atom is -0.423 e. The monoisotopic (exact) mass is 229 g/mol. The number of hydrogen-bond acceptors (Lipinski definition) is 3. The van der Waals surface area contributed by atoms with E-state index in [0.717, 1.165) is 16.6 Å². The highest BCUT2D eigenvalue weighted by molar-refractivity contribution is 5.83. The largest absolute Gasteiger partial charge is 0.423 e. The molecule has 0 radical (unpaired) electrons. The molecule has 1 heterocycles. The number of aryl methyl sites for hydroxylation is 1. The predicted molar refractivity (Wildman–Crippen MR) is 70.2 cm³/mol. The third-order valence-electron chi connectivity index (χ3n) is 2.46. The van der Waals surface area contributed by atoms with Crippen molar-refractivity contribution in [1.82, 2.24) is 0 Å². The summed E-state index contributed by atoms with van der Waals surface area (Å²) < 4.78 is 5.16. The highest BCUT2D eigenvalue weighted by atomic mass is 16.4. The van der Waals surface area contributed by atoms with Gasteiger partial charge in [-0.15, -0.1) is 0 Å². The van der Waals surface area contributed by atoms with Gasteiger partial charge in [-0.2, -0.15) is 0 Å². The second-order valence-electron chi connectivity index (χ2n) is 4.45. The molecule has 0 saturated carbocycles. The second-order valence-corrected chi connectivity index (χ2v) is 4.45. The Kier molecular flexibility index (Phi) is 3.09. The summed E-state index contributed by atoms with van der Waals surface area (Å²) in [4.78, 5) is 15.6. The lowest BCUT2D eigenvalue weighted by Gasteiger charge is -2.01. The van der Waals surface area contributed by atoms with Crippen LogP contribution in [0.3, 0.4) is 0 Å². The molecule has 0 N–H and O–H groups in total. The van der Waals surface area contributed by atoms with Crippen molar-refractivity contribution in [1.29, 1.82) is 0 Å². The molecule has 0 saturated heterocycles. The maximum absolute atomic E-state index is 11.3. The van der Waals surface area contributed by atoms with Crippen molar-refractivity contribution in [3.8, 4) is 0 Å². The Hall–Kier alpha value is -1.90. The maximum Gasteiger partial charge on any atom is 0.336 e. The molecule has 0 atom stereocenters. The molecule has 0 aliphatic rings. The molecule has 3 heteroatoms. The summed E-state index contributed by atoms with van der Waals surface area (Å²) in [6.07, 6.45) is 1.87. The molecule has 88 valence electrons. The lowest BCUT2D eigenvalue weighted by molar-refractivity contribution is 0.560. The van der Waals surface area contributed by atoms with Crippen molar-refractivity contribution in [2.75, 3.05) is 0 Å². The fourth-order valence-corrected chi connectivity index (χ4v) is 1.63. The molecule has 2 rings (SSSR count). The highest BCUT2D eigenvalue weighted by Gasteiger charge is 2.02. The van der Waals surface area contributed by atoms with E-state index in [2.05, 4.69) is 18.8 Å². The standard InChI is InChI=1S/C14H15NO2/c1-9(2)8-15-11-4-5-12-10(3)6-14(16)17-13(12)7-11/h4-9H,1-3H3. The molecule has 0 spiro atoms. The zero-order valence-corrected chi connectivity index (χ0v) is 10.2. The summed E-state index contributed by atoms with van der Waals surface area (Å²) in [7, 11) is 0. The van der Waals surface area contributed by atoms with Crippen molar-refractivity contribution in [2.45, 2.75) is 20.8 Å². The first kappa shape index (κ1) is 11.6. The van der Waals surface area contributed by atoms with E-state index in [1.54, 1.807) is 6.07 Å². The van der Waals surface area contributed by atoms with Gasteiger partial charge in [-0.25, -0.2) is 4.79 Å². The highest BCUT2D eigenvalue weighted by Crippen LogP contribution is 2.22. The summed E-state index contributed by atoms with van der Waals surface area (Å²) in [6.45, 7) is 6.03. The first-order valence-corrected chi connectivity index (χ1v) is 5.65. The lowest BCUT2D eigenvalue weighted by Crippen LogP contribution is -1.97. The number of benzene rings is 1. The molecule has 0 aliphatic heterocycles. The smallest absolute Gasteiger partial charge is 0.336 e. The van der Waals surface area contributed by atoms with Crippen LogP contribution in [0.2, 0.25) is 0 Å². The van der Waals surface area contributed by atoms with E-state index in [1.165, 1.54) is 6.07 Å². The topological polar surface area (TPSA) is 42.6 Å². The second kappa shape index (κ2) is 4.53. The Balaban J connectivity index is 2.54. The Labute approximate surface area is 99.8 Å². The van der Waals surface area contributed by atoms with Crippen molar-refractivity contribution < 1.29 is 4.42 Å². The van der Waals surface area contributed by atoms with Crippen LogP contribution in [-0.2, 0) is 0 Å². The van der Waals surface area contributed by atoms with Gasteiger partial charge in [0.15, 0.2) is 0 Å². The van der Waals surface area contributed by atoms with Crippen LogP contribution < -0.4 is 5.63 Å². The number of hydrogen-bond donors (Lipinski definition) is 0. The maximum atomic E-state index is 11.3. The van der Waals surface area contributed by atoms with E-state index < -0.39 is 0 Å². The van der Waals surface area contributed by atoms with Gasteiger partial charge in [-0.05, 0) is 30.5 Å². The fourth-order valence-electron chi connectivity index (χ4n) is 1.63. The Morgan fingerprint density at radius 3 is 2.76 bits per heavy atom. The van der Waals surface area contributed by atoms with E-state index in [1.807, 2.05) is 25.3 Å². The van der Waals surface area contributed by atoms with E-state index in [4.69, 9.17) is 4.42 Å². The van der Waals surface area contributed by atoms with Gasteiger partial charge in [-0.3, -0.25) is 4.99 Å². The van der Waals surface area contributed by atoms with E-state index in [9.17, 15) is 4.79 Å². The Morgan fingerprint density at radius 2 is 2.06 bits per heavy atom. The number of aliphatic imine (C=N–C) groups is 1. The van der Waals surface area contributed by atoms with Gasteiger partial charge in [0.05, 0.1) is 5.69 Å². The minimum absolute atomic E-state index is 0.319. The van der Waals surface area contributed by atoms with Gasteiger partial charge < -0.3 is 4.42 Å². The summed E-state index contributed by atoms with van der Waals surface area (Å²) >= 11 is 0.